The van der Waals surface area contributed by atoms with E-state index in [0.717, 1.165) is 11.8 Å². The van der Waals surface area contributed by atoms with Crippen molar-refractivity contribution in [3.8, 4) is 11.1 Å². The number of halogens is 1. The summed E-state index contributed by atoms with van der Waals surface area (Å²) in [6.07, 6.45) is 2.64. The number of benzene rings is 1. The van der Waals surface area contributed by atoms with Crippen molar-refractivity contribution in [1.29, 1.82) is 0 Å². The van der Waals surface area contributed by atoms with Crippen LogP contribution in [0.2, 0.25) is 0 Å². The van der Waals surface area contributed by atoms with E-state index in [1.165, 1.54) is 12.3 Å². The maximum Gasteiger partial charge on any atom is 0.335 e. The molecule has 0 saturated heterocycles. The number of hydrogen-bond acceptors (Lipinski definition) is 2. The summed E-state index contributed by atoms with van der Waals surface area (Å²) in [5.74, 6) is -1.43. The molecule has 0 atom stereocenters. The Labute approximate surface area is 104 Å². The van der Waals surface area contributed by atoms with E-state index in [4.69, 9.17) is 5.11 Å². The molecule has 0 aliphatic carbocycles. The van der Waals surface area contributed by atoms with E-state index in [0.29, 0.717) is 16.7 Å². The first-order valence-corrected chi connectivity index (χ1v) is 5.44. The lowest BCUT2D eigenvalue weighted by molar-refractivity contribution is 0.0696. The van der Waals surface area contributed by atoms with Crippen LogP contribution in [0.4, 0.5) is 4.39 Å². The van der Waals surface area contributed by atoms with Gasteiger partial charge in [0.05, 0.1) is 11.8 Å². The van der Waals surface area contributed by atoms with Crippen molar-refractivity contribution in [1.82, 2.24) is 4.98 Å². The Morgan fingerprint density at radius 3 is 2.50 bits per heavy atom. The minimum absolute atomic E-state index is 0.222. The molecular weight excluding hydrogens is 233 g/mol. The average molecular weight is 245 g/mol. The SMILES string of the molecule is Cc1cc(C)c(-c2cncc(F)c2)cc1C(=O)O. The molecule has 0 radical (unpaired) electrons. The summed E-state index contributed by atoms with van der Waals surface area (Å²) >= 11 is 0. The molecule has 0 unspecified atom stereocenters. The van der Waals surface area contributed by atoms with E-state index in [-0.39, 0.29) is 5.56 Å². The van der Waals surface area contributed by atoms with Crippen LogP contribution in [0.15, 0.2) is 30.6 Å². The zero-order valence-electron chi connectivity index (χ0n) is 10.1. The summed E-state index contributed by atoms with van der Waals surface area (Å²) in [6, 6.07) is 4.68. The van der Waals surface area contributed by atoms with Gasteiger partial charge in [0, 0.05) is 11.8 Å². The highest BCUT2D eigenvalue weighted by Crippen LogP contribution is 2.26. The van der Waals surface area contributed by atoms with E-state index in [1.807, 2.05) is 6.92 Å². The fraction of sp³-hybridized carbons (Fsp3) is 0.143. The molecule has 1 N–H and O–H groups in total. The Kier molecular flexibility index (Phi) is 3.10. The molecule has 0 saturated carbocycles. The van der Waals surface area contributed by atoms with Crippen LogP contribution in [0.25, 0.3) is 11.1 Å². The van der Waals surface area contributed by atoms with Crippen LogP contribution in [0, 0.1) is 19.7 Å². The van der Waals surface area contributed by atoms with E-state index < -0.39 is 11.8 Å². The summed E-state index contributed by atoms with van der Waals surface area (Å²) in [4.78, 5) is 14.9. The molecule has 0 aliphatic rings. The molecule has 0 amide bonds. The standard InChI is InChI=1S/C14H12FNO2/c1-8-3-9(2)13(14(17)18)5-12(8)10-4-11(15)7-16-6-10/h3-7H,1-2H3,(H,17,18). The van der Waals surface area contributed by atoms with Gasteiger partial charge in [-0.3, -0.25) is 4.98 Å². The van der Waals surface area contributed by atoms with E-state index in [2.05, 4.69) is 4.98 Å². The summed E-state index contributed by atoms with van der Waals surface area (Å²) in [5, 5.41) is 9.09. The largest absolute Gasteiger partial charge is 0.478 e. The minimum Gasteiger partial charge on any atom is -0.478 e. The number of rotatable bonds is 2. The molecule has 0 spiro atoms. The lowest BCUT2D eigenvalue weighted by Gasteiger charge is -2.10. The molecule has 0 fully saturated rings. The monoisotopic (exact) mass is 245 g/mol. The van der Waals surface area contributed by atoms with Crippen molar-refractivity contribution >= 4 is 5.97 Å². The average Bonchev–Trinajstić information content (AvgIpc) is 2.28. The van der Waals surface area contributed by atoms with Gasteiger partial charge in [-0.2, -0.15) is 0 Å². The van der Waals surface area contributed by atoms with Crippen molar-refractivity contribution in [2.75, 3.05) is 0 Å². The van der Waals surface area contributed by atoms with E-state index in [1.54, 1.807) is 19.1 Å². The Morgan fingerprint density at radius 1 is 1.17 bits per heavy atom. The van der Waals surface area contributed by atoms with Crippen LogP contribution in [0.3, 0.4) is 0 Å². The van der Waals surface area contributed by atoms with Gasteiger partial charge in [0.1, 0.15) is 5.82 Å². The quantitative estimate of drug-likeness (QED) is 0.883. The third-order valence-corrected chi connectivity index (χ3v) is 2.82. The number of hydrogen-bond donors (Lipinski definition) is 1. The number of aromatic nitrogens is 1. The number of carboxylic acids is 1. The Hall–Kier alpha value is -2.23. The molecule has 1 aromatic carbocycles. The highest BCUT2D eigenvalue weighted by atomic mass is 19.1. The Bertz CT molecular complexity index is 623. The highest BCUT2D eigenvalue weighted by molar-refractivity contribution is 5.91. The van der Waals surface area contributed by atoms with Gasteiger partial charge in [-0.05, 0) is 42.7 Å². The summed E-state index contributed by atoms with van der Waals surface area (Å²) in [5.41, 5.74) is 3.07. The summed E-state index contributed by atoms with van der Waals surface area (Å²) in [6.45, 7) is 3.60. The number of nitrogens with zero attached hydrogens (tertiary/aromatic N) is 1. The second kappa shape index (κ2) is 4.56. The van der Waals surface area contributed by atoms with Crippen LogP contribution >= 0.6 is 0 Å². The van der Waals surface area contributed by atoms with Gasteiger partial charge in [-0.1, -0.05) is 6.07 Å². The topological polar surface area (TPSA) is 50.2 Å². The first kappa shape index (κ1) is 12.2. The molecule has 4 heteroatoms. The first-order valence-electron chi connectivity index (χ1n) is 5.44. The van der Waals surface area contributed by atoms with Crippen LogP contribution in [-0.4, -0.2) is 16.1 Å². The van der Waals surface area contributed by atoms with Gasteiger partial charge in [-0.15, -0.1) is 0 Å². The zero-order chi connectivity index (χ0) is 13.3. The van der Waals surface area contributed by atoms with Gasteiger partial charge in [0.25, 0.3) is 0 Å². The van der Waals surface area contributed by atoms with Crippen molar-refractivity contribution in [3.63, 3.8) is 0 Å². The lowest BCUT2D eigenvalue weighted by Crippen LogP contribution is -2.01. The third-order valence-electron chi connectivity index (χ3n) is 2.82. The summed E-state index contributed by atoms with van der Waals surface area (Å²) < 4.78 is 13.1. The lowest BCUT2D eigenvalue weighted by atomic mass is 9.96. The minimum atomic E-state index is -0.988. The highest BCUT2D eigenvalue weighted by Gasteiger charge is 2.12. The molecule has 1 aromatic heterocycles. The predicted molar refractivity (Wildman–Crippen MR) is 66.1 cm³/mol. The molecule has 0 aliphatic heterocycles. The number of pyridine rings is 1. The van der Waals surface area contributed by atoms with Crippen molar-refractivity contribution < 1.29 is 14.3 Å². The molecule has 2 rings (SSSR count). The van der Waals surface area contributed by atoms with Crippen LogP contribution in [-0.2, 0) is 0 Å². The van der Waals surface area contributed by atoms with Crippen LogP contribution < -0.4 is 0 Å². The van der Waals surface area contributed by atoms with Gasteiger partial charge in [0.2, 0.25) is 0 Å². The van der Waals surface area contributed by atoms with Crippen molar-refractivity contribution in [2.24, 2.45) is 0 Å². The molecule has 2 aromatic rings. The molecule has 92 valence electrons. The number of carbonyl (C=O) groups is 1. The predicted octanol–water partition coefficient (Wildman–Crippen LogP) is 3.20. The molecule has 1 heterocycles. The Balaban J connectivity index is 2.64. The van der Waals surface area contributed by atoms with Crippen LogP contribution in [0.5, 0.6) is 0 Å². The summed E-state index contributed by atoms with van der Waals surface area (Å²) in [7, 11) is 0. The van der Waals surface area contributed by atoms with Gasteiger partial charge < -0.3 is 5.11 Å². The second-order valence-electron chi connectivity index (χ2n) is 4.18. The fourth-order valence-corrected chi connectivity index (χ4v) is 1.95. The second-order valence-corrected chi connectivity index (χ2v) is 4.18. The third kappa shape index (κ3) is 2.22. The van der Waals surface area contributed by atoms with Crippen molar-refractivity contribution in [2.45, 2.75) is 13.8 Å². The molecule has 18 heavy (non-hydrogen) atoms. The molecular formula is C14H12FNO2. The van der Waals surface area contributed by atoms with Crippen molar-refractivity contribution in [3.05, 3.63) is 53.1 Å². The number of aromatic carboxylic acids is 1. The van der Waals surface area contributed by atoms with Crippen LogP contribution in [0.1, 0.15) is 21.5 Å². The zero-order valence-corrected chi connectivity index (χ0v) is 10.1. The van der Waals surface area contributed by atoms with Gasteiger partial charge in [0.15, 0.2) is 0 Å². The Morgan fingerprint density at radius 2 is 1.89 bits per heavy atom. The van der Waals surface area contributed by atoms with Gasteiger partial charge >= 0.3 is 5.97 Å². The molecule has 3 nitrogen and oxygen atoms in total. The number of aryl methyl sites for hydroxylation is 2. The maximum absolute atomic E-state index is 13.1. The number of carboxylic acid groups (broad SMARTS) is 1. The first-order chi connectivity index (χ1) is 8.49. The normalized spacial score (nSPS) is 10.4. The fourth-order valence-electron chi connectivity index (χ4n) is 1.95. The smallest absolute Gasteiger partial charge is 0.335 e. The molecule has 0 bridgehead atoms. The maximum atomic E-state index is 13.1. The van der Waals surface area contributed by atoms with E-state index in [9.17, 15) is 9.18 Å². The van der Waals surface area contributed by atoms with E-state index >= 15 is 0 Å². The van der Waals surface area contributed by atoms with Gasteiger partial charge in [-0.25, -0.2) is 9.18 Å².